The Balaban J connectivity index is 2.18. The van der Waals surface area contributed by atoms with Gasteiger partial charge in [0.2, 0.25) is 15.9 Å². The van der Waals surface area contributed by atoms with E-state index in [4.69, 9.17) is 0 Å². The van der Waals surface area contributed by atoms with Gasteiger partial charge in [-0.05, 0) is 44.2 Å². The minimum Gasteiger partial charge on any atom is -0.322 e. The molecule has 2 heterocycles. The summed E-state index contributed by atoms with van der Waals surface area (Å²) >= 11 is 1.09. The summed E-state index contributed by atoms with van der Waals surface area (Å²) in [6.07, 6.45) is -4.66. The average Bonchev–Trinajstić information content (AvgIpc) is 3.18. The molecule has 0 radical (unpaired) electrons. The first-order valence-electron chi connectivity index (χ1n) is 8.99. The summed E-state index contributed by atoms with van der Waals surface area (Å²) < 4.78 is 67.1. The predicted octanol–water partition coefficient (Wildman–Crippen LogP) is 2.89. The Morgan fingerprint density at radius 2 is 1.97 bits per heavy atom. The number of carbonyl (C=O) groups excluding carboxylic acids is 2. The number of alkyl halides is 3. The predicted molar refractivity (Wildman–Crippen MR) is 108 cm³/mol. The molecule has 13 heteroatoms. The molecule has 0 saturated heterocycles. The first-order valence-corrected chi connectivity index (χ1v) is 11.3. The van der Waals surface area contributed by atoms with Gasteiger partial charge in [0.15, 0.2) is 5.13 Å². The van der Waals surface area contributed by atoms with E-state index in [-0.39, 0.29) is 23.6 Å². The van der Waals surface area contributed by atoms with Crippen molar-refractivity contribution in [1.82, 2.24) is 14.6 Å². The number of carbonyl (C=O) groups is 2. The molecule has 2 aromatic rings. The maximum Gasteiger partial charge on any atom is 0.408 e. The van der Waals surface area contributed by atoms with Crippen molar-refractivity contribution in [2.24, 2.45) is 0 Å². The Morgan fingerprint density at radius 3 is 2.52 bits per heavy atom. The number of sulfonamides is 1. The van der Waals surface area contributed by atoms with Crippen LogP contribution in [0.4, 0.5) is 18.3 Å². The van der Waals surface area contributed by atoms with Gasteiger partial charge in [-0.15, -0.1) is 0 Å². The van der Waals surface area contributed by atoms with E-state index in [1.54, 1.807) is 6.92 Å². The number of thiazole rings is 1. The number of anilines is 1. The van der Waals surface area contributed by atoms with Crippen LogP contribution < -0.4 is 10.0 Å². The summed E-state index contributed by atoms with van der Waals surface area (Å²) in [4.78, 5) is 29.0. The fourth-order valence-corrected chi connectivity index (χ4v) is 5.24. The van der Waals surface area contributed by atoms with Crippen LogP contribution >= 0.6 is 11.3 Å². The zero-order chi connectivity index (χ0) is 23.3. The molecule has 3 rings (SSSR count). The highest BCUT2D eigenvalue weighted by molar-refractivity contribution is 7.89. The Kier molecular flexibility index (Phi) is 5.88. The molecule has 2 N–H and O–H groups in total. The molecule has 0 saturated carbocycles. The average molecular weight is 477 g/mol. The number of aryl methyl sites for hydroxylation is 1. The minimum atomic E-state index is -4.66. The molecule has 168 valence electrons. The van der Waals surface area contributed by atoms with Gasteiger partial charge in [-0.3, -0.25) is 9.59 Å². The number of aromatic nitrogens is 1. The Morgan fingerprint density at radius 1 is 1.32 bits per heavy atom. The lowest BCUT2D eigenvalue weighted by Gasteiger charge is -2.26. The SMILES string of the molecule is CNS(=O)(=O)c1cc(-c2sc(NC(C)=O)nc2C)cc2c1C(=O)N(C(C)C(F)(F)F)C2. The third kappa shape index (κ3) is 4.29. The lowest BCUT2D eigenvalue weighted by atomic mass is 10.0. The van der Waals surface area contributed by atoms with Crippen LogP contribution in [0.3, 0.4) is 0 Å². The molecule has 0 fully saturated rings. The van der Waals surface area contributed by atoms with Crippen molar-refractivity contribution in [1.29, 1.82) is 0 Å². The Bertz CT molecular complexity index is 1180. The van der Waals surface area contributed by atoms with Crippen molar-refractivity contribution in [2.75, 3.05) is 12.4 Å². The number of hydrogen-bond acceptors (Lipinski definition) is 6. The molecule has 0 bridgehead atoms. The largest absolute Gasteiger partial charge is 0.408 e. The first kappa shape index (κ1) is 23.2. The standard InChI is InChI=1S/C18H19F3N4O4S2/c1-8-15(30-17(23-8)24-10(3)26)11-5-12-7-25(9(2)18(19,20)21)16(27)14(12)13(6-11)31(28,29)22-4/h5-6,9,22H,7H2,1-4H3,(H,23,24,26). The molecule has 2 amide bonds. The van der Waals surface area contributed by atoms with E-state index in [9.17, 15) is 31.2 Å². The lowest BCUT2D eigenvalue weighted by Crippen LogP contribution is -2.43. The van der Waals surface area contributed by atoms with Crippen LogP contribution in [0.5, 0.6) is 0 Å². The topological polar surface area (TPSA) is 108 Å². The van der Waals surface area contributed by atoms with Crippen LogP contribution in [0.2, 0.25) is 0 Å². The van der Waals surface area contributed by atoms with Gasteiger partial charge in [0, 0.05) is 13.5 Å². The highest BCUT2D eigenvalue weighted by Gasteiger charge is 2.46. The van der Waals surface area contributed by atoms with E-state index < -0.39 is 33.0 Å². The number of hydrogen-bond donors (Lipinski definition) is 2. The number of nitrogens with zero attached hydrogens (tertiary/aromatic N) is 2. The summed E-state index contributed by atoms with van der Waals surface area (Å²) in [5, 5.41) is 2.83. The number of fused-ring (bicyclic) bond motifs is 1. The monoisotopic (exact) mass is 476 g/mol. The van der Waals surface area contributed by atoms with Crippen molar-refractivity contribution in [3.8, 4) is 10.4 Å². The van der Waals surface area contributed by atoms with Crippen LogP contribution in [-0.2, 0) is 21.4 Å². The van der Waals surface area contributed by atoms with Crippen molar-refractivity contribution in [3.05, 3.63) is 29.0 Å². The van der Waals surface area contributed by atoms with Gasteiger partial charge in [0.25, 0.3) is 5.91 Å². The summed E-state index contributed by atoms with van der Waals surface area (Å²) in [6, 6.07) is 0.642. The molecule has 1 aromatic heterocycles. The Hall–Kier alpha value is -2.51. The zero-order valence-corrected chi connectivity index (χ0v) is 18.5. The third-order valence-electron chi connectivity index (χ3n) is 4.84. The van der Waals surface area contributed by atoms with Gasteiger partial charge < -0.3 is 10.2 Å². The van der Waals surface area contributed by atoms with Gasteiger partial charge in [0.1, 0.15) is 6.04 Å². The second-order valence-corrected chi connectivity index (χ2v) is 9.84. The molecule has 1 atom stereocenters. The van der Waals surface area contributed by atoms with E-state index >= 15 is 0 Å². The highest BCUT2D eigenvalue weighted by Crippen LogP contribution is 2.40. The molecule has 1 aliphatic heterocycles. The van der Waals surface area contributed by atoms with Gasteiger partial charge in [-0.2, -0.15) is 13.2 Å². The second kappa shape index (κ2) is 7.88. The van der Waals surface area contributed by atoms with Crippen LogP contribution in [0.25, 0.3) is 10.4 Å². The number of halogens is 3. The number of amides is 2. The molecule has 31 heavy (non-hydrogen) atoms. The quantitative estimate of drug-likeness (QED) is 0.690. The van der Waals surface area contributed by atoms with Crippen molar-refractivity contribution >= 4 is 38.3 Å². The summed E-state index contributed by atoms with van der Waals surface area (Å²) in [6.45, 7) is 3.43. The number of rotatable bonds is 5. The molecule has 1 unspecified atom stereocenters. The van der Waals surface area contributed by atoms with E-state index in [2.05, 4.69) is 15.0 Å². The van der Waals surface area contributed by atoms with Gasteiger partial charge in [-0.1, -0.05) is 11.3 Å². The fraction of sp³-hybridized carbons (Fsp3) is 0.389. The van der Waals surface area contributed by atoms with Gasteiger partial charge >= 0.3 is 6.18 Å². The molecule has 0 aliphatic carbocycles. The number of benzene rings is 1. The van der Waals surface area contributed by atoms with E-state index in [1.165, 1.54) is 19.1 Å². The number of nitrogens with one attached hydrogen (secondary N) is 2. The Labute approximate surface area is 180 Å². The minimum absolute atomic E-state index is 0.168. The molecular formula is C18H19F3N4O4S2. The van der Waals surface area contributed by atoms with E-state index in [0.29, 0.717) is 26.2 Å². The highest BCUT2D eigenvalue weighted by atomic mass is 32.2. The lowest BCUT2D eigenvalue weighted by molar-refractivity contribution is -0.172. The summed E-state index contributed by atoms with van der Waals surface area (Å²) in [5.41, 5.74) is 0.750. The zero-order valence-electron chi connectivity index (χ0n) is 16.9. The van der Waals surface area contributed by atoms with E-state index in [1.807, 2.05) is 0 Å². The van der Waals surface area contributed by atoms with Crippen molar-refractivity contribution < 1.29 is 31.2 Å². The molecular weight excluding hydrogens is 457 g/mol. The smallest absolute Gasteiger partial charge is 0.322 e. The summed E-state index contributed by atoms with van der Waals surface area (Å²) in [7, 11) is -3.01. The maximum atomic E-state index is 13.2. The second-order valence-electron chi connectivity index (χ2n) is 6.98. The van der Waals surface area contributed by atoms with Gasteiger partial charge in [0.05, 0.1) is 21.0 Å². The molecule has 1 aromatic carbocycles. The van der Waals surface area contributed by atoms with Crippen LogP contribution in [0, 0.1) is 6.92 Å². The van der Waals surface area contributed by atoms with Crippen LogP contribution in [-0.4, -0.2) is 49.4 Å². The van der Waals surface area contributed by atoms with Crippen molar-refractivity contribution in [3.63, 3.8) is 0 Å². The van der Waals surface area contributed by atoms with Crippen LogP contribution in [0.1, 0.15) is 35.5 Å². The first-order chi connectivity index (χ1) is 14.3. The molecule has 8 nitrogen and oxygen atoms in total. The summed E-state index contributed by atoms with van der Waals surface area (Å²) in [5.74, 6) is -1.34. The van der Waals surface area contributed by atoms with Gasteiger partial charge in [-0.25, -0.2) is 18.1 Å². The fourth-order valence-electron chi connectivity index (χ4n) is 3.25. The third-order valence-corrected chi connectivity index (χ3v) is 7.40. The maximum absolute atomic E-state index is 13.2. The van der Waals surface area contributed by atoms with Crippen LogP contribution in [0.15, 0.2) is 17.0 Å². The molecule has 0 spiro atoms. The van der Waals surface area contributed by atoms with E-state index in [0.717, 1.165) is 25.3 Å². The van der Waals surface area contributed by atoms with Crippen molar-refractivity contribution in [2.45, 2.75) is 44.4 Å². The molecule has 1 aliphatic rings. The normalized spacial score (nSPS) is 15.2.